The standard InChI is InChI=1S/C11H13ClO3/c1-6(13)4-8-5-9(12)11(15-3)7(2)10(8)14/h5,14H,4H2,1-3H3. The summed E-state index contributed by atoms with van der Waals surface area (Å²) in [4.78, 5) is 11.0. The van der Waals surface area contributed by atoms with Crippen molar-refractivity contribution in [2.75, 3.05) is 7.11 Å². The molecule has 1 N–H and O–H groups in total. The summed E-state index contributed by atoms with van der Waals surface area (Å²) in [5.74, 6) is 0.499. The fourth-order valence-corrected chi connectivity index (χ4v) is 1.82. The highest BCUT2D eigenvalue weighted by atomic mass is 35.5. The molecule has 82 valence electrons. The molecule has 1 aromatic rings. The van der Waals surface area contributed by atoms with Gasteiger partial charge in [0.05, 0.1) is 12.1 Å². The lowest BCUT2D eigenvalue weighted by atomic mass is 10.0. The molecule has 1 aromatic carbocycles. The van der Waals surface area contributed by atoms with Gasteiger partial charge in [0.2, 0.25) is 0 Å². The van der Waals surface area contributed by atoms with E-state index in [0.29, 0.717) is 21.9 Å². The van der Waals surface area contributed by atoms with Crippen molar-refractivity contribution in [3.63, 3.8) is 0 Å². The minimum absolute atomic E-state index is 0.0223. The second-order valence-corrected chi connectivity index (χ2v) is 3.81. The van der Waals surface area contributed by atoms with Crippen molar-refractivity contribution in [3.05, 3.63) is 22.2 Å². The van der Waals surface area contributed by atoms with Gasteiger partial charge in [-0.1, -0.05) is 11.6 Å². The molecule has 0 heterocycles. The summed E-state index contributed by atoms with van der Waals surface area (Å²) >= 11 is 5.94. The Morgan fingerprint density at radius 3 is 2.67 bits per heavy atom. The Labute approximate surface area is 93.6 Å². The Balaban J connectivity index is 3.27. The Hall–Kier alpha value is -1.22. The predicted molar refractivity (Wildman–Crippen MR) is 58.8 cm³/mol. The first-order valence-electron chi connectivity index (χ1n) is 4.51. The van der Waals surface area contributed by atoms with Crippen LogP contribution in [0.25, 0.3) is 0 Å². The number of phenolic OH excluding ortho intramolecular Hbond substituents is 1. The minimum Gasteiger partial charge on any atom is -0.507 e. The second kappa shape index (κ2) is 4.53. The molecule has 15 heavy (non-hydrogen) atoms. The molecule has 0 unspecified atom stereocenters. The molecule has 0 saturated carbocycles. The van der Waals surface area contributed by atoms with Crippen LogP contribution < -0.4 is 4.74 Å². The van der Waals surface area contributed by atoms with E-state index in [1.165, 1.54) is 14.0 Å². The zero-order valence-electron chi connectivity index (χ0n) is 8.93. The Morgan fingerprint density at radius 2 is 2.20 bits per heavy atom. The van der Waals surface area contributed by atoms with Crippen LogP contribution >= 0.6 is 11.6 Å². The van der Waals surface area contributed by atoms with E-state index in [2.05, 4.69) is 0 Å². The first-order chi connectivity index (χ1) is 6.97. The highest BCUT2D eigenvalue weighted by Gasteiger charge is 2.14. The SMILES string of the molecule is COc1c(Cl)cc(CC(C)=O)c(O)c1C. The average Bonchev–Trinajstić information content (AvgIpc) is 2.14. The normalized spacial score (nSPS) is 10.1. The van der Waals surface area contributed by atoms with E-state index in [4.69, 9.17) is 16.3 Å². The van der Waals surface area contributed by atoms with Crippen molar-refractivity contribution in [1.29, 1.82) is 0 Å². The van der Waals surface area contributed by atoms with Gasteiger partial charge >= 0.3 is 0 Å². The van der Waals surface area contributed by atoms with Crippen molar-refractivity contribution < 1.29 is 14.6 Å². The Bertz CT molecular complexity index is 399. The van der Waals surface area contributed by atoms with E-state index < -0.39 is 0 Å². The van der Waals surface area contributed by atoms with Crippen LogP contribution in [0, 0.1) is 6.92 Å². The number of phenols is 1. The van der Waals surface area contributed by atoms with Gasteiger partial charge in [0.25, 0.3) is 0 Å². The summed E-state index contributed by atoms with van der Waals surface area (Å²) in [5.41, 5.74) is 1.09. The topological polar surface area (TPSA) is 46.5 Å². The van der Waals surface area contributed by atoms with Crippen LogP contribution in [0.1, 0.15) is 18.1 Å². The maximum atomic E-state index is 11.0. The molecule has 0 radical (unpaired) electrons. The molecule has 1 rings (SSSR count). The molecule has 0 aliphatic heterocycles. The number of hydrogen-bond donors (Lipinski definition) is 1. The number of ketones is 1. The van der Waals surface area contributed by atoms with E-state index in [0.717, 1.165) is 0 Å². The quantitative estimate of drug-likeness (QED) is 0.865. The van der Waals surface area contributed by atoms with Gasteiger partial charge in [0, 0.05) is 17.5 Å². The van der Waals surface area contributed by atoms with E-state index in [1.807, 2.05) is 0 Å². The Kier molecular flexibility index (Phi) is 3.58. The van der Waals surface area contributed by atoms with Crippen LogP contribution in [0.2, 0.25) is 5.02 Å². The van der Waals surface area contributed by atoms with Gasteiger partial charge in [-0.15, -0.1) is 0 Å². The third-order valence-corrected chi connectivity index (χ3v) is 2.44. The first-order valence-corrected chi connectivity index (χ1v) is 4.89. The number of hydrogen-bond acceptors (Lipinski definition) is 3. The molecule has 0 bridgehead atoms. The summed E-state index contributed by atoms with van der Waals surface area (Å²) in [5, 5.41) is 10.2. The predicted octanol–water partition coefficient (Wildman–Crippen LogP) is 2.49. The monoisotopic (exact) mass is 228 g/mol. The van der Waals surface area contributed by atoms with Crippen molar-refractivity contribution in [3.8, 4) is 11.5 Å². The molecule has 0 aromatic heterocycles. The van der Waals surface area contributed by atoms with E-state index >= 15 is 0 Å². The van der Waals surface area contributed by atoms with Crippen molar-refractivity contribution >= 4 is 17.4 Å². The maximum absolute atomic E-state index is 11.0. The van der Waals surface area contributed by atoms with Gasteiger partial charge in [0.15, 0.2) is 0 Å². The molecule has 3 nitrogen and oxygen atoms in total. The van der Waals surface area contributed by atoms with Gasteiger partial charge in [-0.2, -0.15) is 0 Å². The average molecular weight is 229 g/mol. The van der Waals surface area contributed by atoms with Gasteiger partial charge in [0.1, 0.15) is 17.3 Å². The fourth-order valence-electron chi connectivity index (χ4n) is 1.47. The van der Waals surface area contributed by atoms with Crippen LogP contribution in [-0.4, -0.2) is 18.0 Å². The molecule has 0 aliphatic carbocycles. The summed E-state index contributed by atoms with van der Waals surface area (Å²) in [7, 11) is 1.48. The molecule has 0 atom stereocenters. The highest BCUT2D eigenvalue weighted by Crippen LogP contribution is 2.37. The lowest BCUT2D eigenvalue weighted by molar-refractivity contribution is -0.116. The van der Waals surface area contributed by atoms with Gasteiger partial charge in [-0.05, 0) is 19.9 Å². The number of halogens is 1. The van der Waals surface area contributed by atoms with Crippen LogP contribution in [0.4, 0.5) is 0 Å². The fraction of sp³-hybridized carbons (Fsp3) is 0.364. The molecular formula is C11H13ClO3. The molecule has 4 heteroatoms. The maximum Gasteiger partial charge on any atom is 0.144 e. The molecule has 0 fully saturated rings. The number of carbonyl (C=O) groups excluding carboxylic acids is 1. The second-order valence-electron chi connectivity index (χ2n) is 3.40. The number of methoxy groups -OCH3 is 1. The Morgan fingerprint density at radius 1 is 1.60 bits per heavy atom. The van der Waals surface area contributed by atoms with Crippen molar-refractivity contribution in [2.24, 2.45) is 0 Å². The zero-order chi connectivity index (χ0) is 11.6. The van der Waals surface area contributed by atoms with Crippen molar-refractivity contribution in [1.82, 2.24) is 0 Å². The summed E-state index contributed by atoms with van der Waals surface area (Å²) in [6.07, 6.45) is 0.177. The lowest BCUT2D eigenvalue weighted by Crippen LogP contribution is -1.99. The van der Waals surface area contributed by atoms with Crippen LogP contribution in [0.3, 0.4) is 0 Å². The van der Waals surface area contributed by atoms with E-state index in [1.54, 1.807) is 13.0 Å². The lowest BCUT2D eigenvalue weighted by Gasteiger charge is -2.12. The van der Waals surface area contributed by atoms with Gasteiger partial charge in [-0.25, -0.2) is 0 Å². The van der Waals surface area contributed by atoms with Crippen LogP contribution in [0.15, 0.2) is 6.07 Å². The number of ether oxygens (including phenoxy) is 1. The molecule has 0 spiro atoms. The molecular weight excluding hydrogens is 216 g/mol. The number of aromatic hydroxyl groups is 1. The minimum atomic E-state index is -0.0223. The summed E-state index contributed by atoms with van der Waals surface area (Å²) in [6, 6.07) is 1.56. The van der Waals surface area contributed by atoms with Crippen LogP contribution in [0.5, 0.6) is 11.5 Å². The van der Waals surface area contributed by atoms with Crippen LogP contribution in [-0.2, 0) is 11.2 Å². The van der Waals surface area contributed by atoms with Gasteiger partial charge < -0.3 is 9.84 Å². The van der Waals surface area contributed by atoms with E-state index in [-0.39, 0.29) is 18.0 Å². The summed E-state index contributed by atoms with van der Waals surface area (Å²) < 4.78 is 5.04. The molecule has 0 saturated heterocycles. The highest BCUT2D eigenvalue weighted by molar-refractivity contribution is 6.32. The largest absolute Gasteiger partial charge is 0.507 e. The van der Waals surface area contributed by atoms with Gasteiger partial charge in [-0.3, -0.25) is 4.79 Å². The zero-order valence-corrected chi connectivity index (χ0v) is 9.68. The summed E-state index contributed by atoms with van der Waals surface area (Å²) in [6.45, 7) is 3.16. The molecule has 0 amide bonds. The van der Waals surface area contributed by atoms with Crippen molar-refractivity contribution in [2.45, 2.75) is 20.3 Å². The number of rotatable bonds is 3. The third-order valence-electron chi connectivity index (χ3n) is 2.16. The smallest absolute Gasteiger partial charge is 0.144 e. The number of Topliss-reactive ketones (excluding diaryl/α,β-unsaturated/α-hetero) is 1. The van der Waals surface area contributed by atoms with E-state index in [9.17, 15) is 9.90 Å². The number of benzene rings is 1. The third kappa shape index (κ3) is 2.42. The first kappa shape index (κ1) is 11.9. The molecule has 0 aliphatic rings. The number of carbonyl (C=O) groups is 1.